The van der Waals surface area contributed by atoms with Crippen LogP contribution in [0.25, 0.3) is 11.5 Å². The van der Waals surface area contributed by atoms with Gasteiger partial charge in [0.15, 0.2) is 0 Å². The van der Waals surface area contributed by atoms with Crippen LogP contribution >= 0.6 is 0 Å². The number of hydrogen-bond donors (Lipinski definition) is 0. The summed E-state index contributed by atoms with van der Waals surface area (Å²) in [5.74, 6) is 2.98. The highest BCUT2D eigenvalue weighted by atomic mass is 16.5. The van der Waals surface area contributed by atoms with Crippen LogP contribution in [0.3, 0.4) is 0 Å². The van der Waals surface area contributed by atoms with Crippen molar-refractivity contribution in [3.05, 3.63) is 65.9 Å². The molecule has 4 rings (SSSR count). The molecule has 148 valence electrons. The Kier molecular flexibility index (Phi) is 5.53. The van der Waals surface area contributed by atoms with Crippen molar-refractivity contribution in [1.29, 1.82) is 5.26 Å². The lowest BCUT2D eigenvalue weighted by molar-refractivity contribution is 0.306. The minimum absolute atomic E-state index is 0.353. The maximum Gasteiger partial charge on any atom is 0.235 e. The van der Waals surface area contributed by atoms with E-state index in [1.807, 2.05) is 54.6 Å². The predicted molar refractivity (Wildman–Crippen MR) is 113 cm³/mol. The second-order valence-electron chi connectivity index (χ2n) is 7.93. The van der Waals surface area contributed by atoms with Gasteiger partial charge in [-0.3, -0.25) is 0 Å². The van der Waals surface area contributed by atoms with Crippen LogP contribution in [0, 0.1) is 23.2 Å². The first-order chi connectivity index (χ1) is 14.1. The summed E-state index contributed by atoms with van der Waals surface area (Å²) in [7, 11) is 0. The number of aromatic nitrogens is 1. The van der Waals surface area contributed by atoms with E-state index < -0.39 is 0 Å². The molecule has 1 saturated heterocycles. The first-order valence-corrected chi connectivity index (χ1v) is 10.1. The summed E-state index contributed by atoms with van der Waals surface area (Å²) < 4.78 is 11.9. The van der Waals surface area contributed by atoms with Gasteiger partial charge in [-0.1, -0.05) is 44.2 Å². The van der Waals surface area contributed by atoms with Crippen LogP contribution in [-0.2, 0) is 6.61 Å². The van der Waals surface area contributed by atoms with Crippen molar-refractivity contribution in [1.82, 2.24) is 4.98 Å². The van der Waals surface area contributed by atoms with E-state index in [0.717, 1.165) is 30.0 Å². The largest absolute Gasteiger partial charge is 0.489 e. The van der Waals surface area contributed by atoms with Gasteiger partial charge in [0, 0.05) is 18.7 Å². The molecule has 1 aliphatic rings. The molecule has 0 amide bonds. The molecular formula is C24H25N3O2. The lowest BCUT2D eigenvalue weighted by atomic mass is 9.92. The number of hydrogen-bond acceptors (Lipinski definition) is 5. The summed E-state index contributed by atoms with van der Waals surface area (Å²) >= 11 is 0. The molecule has 0 N–H and O–H groups in total. The Morgan fingerprint density at radius 1 is 1.07 bits per heavy atom. The van der Waals surface area contributed by atoms with Crippen LogP contribution in [0.15, 0.2) is 59.0 Å². The highest BCUT2D eigenvalue weighted by Crippen LogP contribution is 2.33. The van der Waals surface area contributed by atoms with Crippen molar-refractivity contribution in [2.24, 2.45) is 11.8 Å². The van der Waals surface area contributed by atoms with Crippen LogP contribution in [0.2, 0.25) is 0 Å². The number of nitriles is 1. The van der Waals surface area contributed by atoms with Gasteiger partial charge in [0.25, 0.3) is 0 Å². The van der Waals surface area contributed by atoms with Crippen LogP contribution < -0.4 is 9.64 Å². The fourth-order valence-corrected chi connectivity index (χ4v) is 3.99. The SMILES string of the molecule is CC1CC(C)CN(c2oc(-c3ccc(OCc4ccccc4)cc3)nc2C#N)C1. The van der Waals surface area contributed by atoms with E-state index in [4.69, 9.17) is 9.15 Å². The molecule has 0 bridgehead atoms. The fraction of sp³-hybridized carbons (Fsp3) is 0.333. The Hall–Kier alpha value is -3.26. The van der Waals surface area contributed by atoms with Crippen molar-refractivity contribution >= 4 is 5.88 Å². The Bertz CT molecular complexity index is 979. The number of rotatable bonds is 5. The van der Waals surface area contributed by atoms with Crippen molar-refractivity contribution in [2.45, 2.75) is 26.9 Å². The Balaban J connectivity index is 1.50. The lowest BCUT2D eigenvalue weighted by Crippen LogP contribution is -2.38. The molecule has 0 spiro atoms. The summed E-state index contributed by atoms with van der Waals surface area (Å²) in [6, 6.07) is 19.9. The number of benzene rings is 2. The van der Waals surface area contributed by atoms with Crippen LogP contribution in [-0.4, -0.2) is 18.1 Å². The number of anilines is 1. The van der Waals surface area contributed by atoms with Crippen LogP contribution in [0.1, 0.15) is 31.5 Å². The lowest BCUT2D eigenvalue weighted by Gasteiger charge is -2.34. The van der Waals surface area contributed by atoms with E-state index in [2.05, 4.69) is 29.8 Å². The third-order valence-corrected chi connectivity index (χ3v) is 5.22. The van der Waals surface area contributed by atoms with Gasteiger partial charge in [0.2, 0.25) is 17.5 Å². The average molecular weight is 387 g/mol. The maximum absolute atomic E-state index is 9.54. The smallest absolute Gasteiger partial charge is 0.235 e. The molecule has 5 heteroatoms. The molecule has 5 nitrogen and oxygen atoms in total. The molecule has 29 heavy (non-hydrogen) atoms. The van der Waals surface area contributed by atoms with Crippen LogP contribution in [0.5, 0.6) is 5.75 Å². The van der Waals surface area contributed by atoms with Crippen molar-refractivity contribution in [3.8, 4) is 23.3 Å². The second-order valence-corrected chi connectivity index (χ2v) is 7.93. The zero-order chi connectivity index (χ0) is 20.2. The zero-order valence-electron chi connectivity index (χ0n) is 16.8. The Morgan fingerprint density at radius 2 is 1.76 bits per heavy atom. The number of oxazole rings is 1. The average Bonchev–Trinajstić information content (AvgIpc) is 3.17. The minimum atomic E-state index is 0.353. The highest BCUT2D eigenvalue weighted by Gasteiger charge is 2.27. The zero-order valence-corrected chi connectivity index (χ0v) is 16.8. The van der Waals surface area contributed by atoms with E-state index >= 15 is 0 Å². The standard InChI is InChI=1S/C24H25N3O2/c1-17-12-18(2)15-27(14-17)24-22(13-25)26-23(29-24)20-8-10-21(11-9-20)28-16-19-6-4-3-5-7-19/h3-11,17-18H,12,14-16H2,1-2H3. The topological polar surface area (TPSA) is 62.3 Å². The third-order valence-electron chi connectivity index (χ3n) is 5.22. The van der Waals surface area contributed by atoms with Crippen molar-refractivity contribution in [3.63, 3.8) is 0 Å². The number of nitrogens with zero attached hydrogens (tertiary/aromatic N) is 3. The van der Waals surface area contributed by atoms with E-state index in [1.54, 1.807) is 0 Å². The Morgan fingerprint density at radius 3 is 2.41 bits per heavy atom. The van der Waals surface area contributed by atoms with Gasteiger partial charge in [0.05, 0.1) is 0 Å². The molecule has 2 aromatic carbocycles. The van der Waals surface area contributed by atoms with Crippen LogP contribution in [0.4, 0.5) is 5.88 Å². The van der Waals surface area contributed by atoms with Gasteiger partial charge in [0.1, 0.15) is 18.4 Å². The number of ether oxygens (including phenoxy) is 1. The van der Waals surface area contributed by atoms with E-state index in [1.165, 1.54) is 6.42 Å². The molecule has 1 aromatic heterocycles. The molecule has 3 aromatic rings. The fourth-order valence-electron chi connectivity index (χ4n) is 3.99. The quantitative estimate of drug-likeness (QED) is 0.596. The predicted octanol–water partition coefficient (Wildman–Crippen LogP) is 5.27. The summed E-state index contributed by atoms with van der Waals surface area (Å²) in [5.41, 5.74) is 2.31. The van der Waals surface area contributed by atoms with Gasteiger partial charge in [-0.15, -0.1) is 0 Å². The molecule has 0 radical (unpaired) electrons. The Labute approximate surface area is 171 Å². The van der Waals surface area contributed by atoms with Gasteiger partial charge in [-0.25, -0.2) is 0 Å². The summed E-state index contributed by atoms with van der Waals surface area (Å²) in [5, 5.41) is 9.54. The molecule has 1 fully saturated rings. The molecule has 0 saturated carbocycles. The highest BCUT2D eigenvalue weighted by molar-refractivity contribution is 5.60. The minimum Gasteiger partial charge on any atom is -0.489 e. The van der Waals surface area contributed by atoms with E-state index in [0.29, 0.717) is 35.9 Å². The van der Waals surface area contributed by atoms with Gasteiger partial charge < -0.3 is 14.1 Å². The molecule has 2 atom stereocenters. The molecular weight excluding hydrogens is 362 g/mol. The molecule has 1 aliphatic heterocycles. The molecule has 2 heterocycles. The summed E-state index contributed by atoms with van der Waals surface area (Å²) in [6.45, 7) is 6.77. The normalized spacial score (nSPS) is 19.0. The molecule has 2 unspecified atom stereocenters. The monoisotopic (exact) mass is 387 g/mol. The summed E-state index contributed by atoms with van der Waals surface area (Å²) in [4.78, 5) is 6.60. The van der Waals surface area contributed by atoms with Gasteiger partial charge in [-0.2, -0.15) is 10.2 Å². The first-order valence-electron chi connectivity index (χ1n) is 10.1. The van der Waals surface area contributed by atoms with Gasteiger partial charge in [-0.05, 0) is 48.1 Å². The third kappa shape index (κ3) is 4.43. The van der Waals surface area contributed by atoms with E-state index in [9.17, 15) is 5.26 Å². The van der Waals surface area contributed by atoms with Crippen molar-refractivity contribution in [2.75, 3.05) is 18.0 Å². The summed E-state index contributed by atoms with van der Waals surface area (Å²) in [6.07, 6.45) is 1.20. The molecule has 0 aliphatic carbocycles. The van der Waals surface area contributed by atoms with Crippen molar-refractivity contribution < 1.29 is 9.15 Å². The van der Waals surface area contributed by atoms with E-state index in [-0.39, 0.29) is 0 Å². The first kappa shape index (κ1) is 19.1. The van der Waals surface area contributed by atoms with Gasteiger partial charge >= 0.3 is 0 Å². The second kappa shape index (κ2) is 8.40. The maximum atomic E-state index is 9.54. The number of piperidine rings is 1.